The van der Waals surface area contributed by atoms with Crippen LogP contribution in [0, 0.1) is 0 Å². The summed E-state index contributed by atoms with van der Waals surface area (Å²) in [7, 11) is 0. The Morgan fingerprint density at radius 2 is 1.46 bits per heavy atom. The Kier molecular flexibility index (Phi) is 6.71. The quantitative estimate of drug-likeness (QED) is 0.466. The van der Waals surface area contributed by atoms with Crippen molar-refractivity contribution in [1.29, 1.82) is 0 Å². The predicted molar refractivity (Wildman–Crippen MR) is 111 cm³/mol. The predicted octanol–water partition coefficient (Wildman–Crippen LogP) is 2.17. The Bertz CT molecular complexity index is 722. The highest BCUT2D eigenvalue weighted by atomic mass is 32.1. The number of nitrogens with two attached hydrogens (primary N) is 1. The van der Waals surface area contributed by atoms with Crippen molar-refractivity contribution in [1.82, 2.24) is 15.2 Å². The van der Waals surface area contributed by atoms with E-state index in [9.17, 15) is 0 Å². The largest absolute Gasteiger partial charge is 0.375 e. The molecule has 0 unspecified atom stereocenters. The summed E-state index contributed by atoms with van der Waals surface area (Å²) in [5, 5.41) is 4.14. The molecule has 3 rings (SSSR count). The summed E-state index contributed by atoms with van der Waals surface area (Å²) in [6, 6.07) is 19.1. The number of nitrogens with zero attached hydrogens (tertiary/aromatic N) is 3. The first-order chi connectivity index (χ1) is 12.7. The summed E-state index contributed by atoms with van der Waals surface area (Å²) in [5.41, 5.74) is 11.6. The van der Waals surface area contributed by atoms with Gasteiger partial charge in [0.25, 0.3) is 0 Å². The van der Waals surface area contributed by atoms with Crippen molar-refractivity contribution in [3.63, 3.8) is 0 Å². The molecule has 1 saturated heterocycles. The van der Waals surface area contributed by atoms with Gasteiger partial charge in [-0.1, -0.05) is 54.6 Å². The molecule has 1 heterocycles. The van der Waals surface area contributed by atoms with E-state index in [0.29, 0.717) is 0 Å². The molecule has 1 fully saturated rings. The van der Waals surface area contributed by atoms with Crippen LogP contribution in [-0.4, -0.2) is 47.3 Å². The van der Waals surface area contributed by atoms with Gasteiger partial charge in [0.1, 0.15) is 0 Å². The van der Waals surface area contributed by atoms with Gasteiger partial charge >= 0.3 is 0 Å². The first-order valence-electron chi connectivity index (χ1n) is 8.85. The van der Waals surface area contributed by atoms with Gasteiger partial charge in [-0.2, -0.15) is 5.10 Å². The summed E-state index contributed by atoms with van der Waals surface area (Å²) in [4.78, 5) is 5.04. The number of nitrogens with one attached hydrogen (secondary N) is 1. The summed E-state index contributed by atoms with van der Waals surface area (Å²) in [6.07, 6.45) is 1.71. The van der Waals surface area contributed by atoms with Gasteiger partial charge in [-0.05, 0) is 28.9 Å². The number of hydrazone groups is 1. The molecule has 5 nitrogen and oxygen atoms in total. The summed E-state index contributed by atoms with van der Waals surface area (Å²) < 4.78 is 0. The van der Waals surface area contributed by atoms with Gasteiger partial charge in [-0.3, -0.25) is 15.2 Å². The van der Waals surface area contributed by atoms with Crippen LogP contribution >= 0.6 is 12.2 Å². The number of hydrogen-bond donors (Lipinski definition) is 2. The van der Waals surface area contributed by atoms with Crippen LogP contribution in [0.5, 0.6) is 0 Å². The van der Waals surface area contributed by atoms with Crippen LogP contribution in [-0.2, 0) is 13.1 Å². The fraction of sp³-hybridized carbons (Fsp3) is 0.300. The minimum atomic E-state index is 0.171. The lowest BCUT2D eigenvalue weighted by molar-refractivity contribution is 0.122. The summed E-state index contributed by atoms with van der Waals surface area (Å²) in [6.45, 7) is 6.47. The molecule has 2 aromatic carbocycles. The average molecular weight is 368 g/mol. The fourth-order valence-electron chi connectivity index (χ4n) is 3.08. The number of benzene rings is 2. The van der Waals surface area contributed by atoms with Gasteiger partial charge in [0.2, 0.25) is 0 Å². The second kappa shape index (κ2) is 9.43. The molecule has 3 N–H and O–H groups in total. The Morgan fingerprint density at radius 1 is 0.923 bits per heavy atom. The van der Waals surface area contributed by atoms with Crippen molar-refractivity contribution >= 4 is 23.5 Å². The molecular weight excluding hydrogens is 342 g/mol. The van der Waals surface area contributed by atoms with Crippen LogP contribution in [0.25, 0.3) is 0 Å². The van der Waals surface area contributed by atoms with Gasteiger partial charge in [0.15, 0.2) is 5.11 Å². The van der Waals surface area contributed by atoms with Gasteiger partial charge in [-0.15, -0.1) is 0 Å². The lowest BCUT2D eigenvalue weighted by Gasteiger charge is -2.34. The van der Waals surface area contributed by atoms with Crippen LogP contribution in [0.3, 0.4) is 0 Å². The maximum atomic E-state index is 5.34. The van der Waals surface area contributed by atoms with Crippen molar-refractivity contribution < 1.29 is 0 Å². The zero-order chi connectivity index (χ0) is 18.2. The Balaban J connectivity index is 1.44. The summed E-state index contributed by atoms with van der Waals surface area (Å²) in [5.74, 6) is 0. The average Bonchev–Trinajstić information content (AvgIpc) is 2.65. The zero-order valence-corrected chi connectivity index (χ0v) is 15.7. The van der Waals surface area contributed by atoms with E-state index in [-0.39, 0.29) is 5.11 Å². The topological polar surface area (TPSA) is 56.9 Å². The third-order valence-electron chi connectivity index (χ3n) is 4.49. The number of piperazine rings is 1. The number of hydrogen-bond acceptors (Lipinski definition) is 4. The SMILES string of the molecule is NC(=S)N/N=C/c1ccc(CN2CCN(Cc3ccccc3)CC2)cc1. The second-order valence-corrected chi connectivity index (χ2v) is 6.95. The molecule has 0 amide bonds. The maximum absolute atomic E-state index is 5.34. The molecule has 6 heteroatoms. The minimum Gasteiger partial charge on any atom is -0.375 e. The van der Waals surface area contributed by atoms with Crippen LogP contribution in [0.1, 0.15) is 16.7 Å². The molecule has 136 valence electrons. The van der Waals surface area contributed by atoms with E-state index in [1.165, 1.54) is 11.1 Å². The van der Waals surface area contributed by atoms with E-state index >= 15 is 0 Å². The highest BCUT2D eigenvalue weighted by Gasteiger charge is 2.16. The van der Waals surface area contributed by atoms with Gasteiger partial charge in [0, 0.05) is 39.3 Å². The second-order valence-electron chi connectivity index (χ2n) is 6.51. The fourth-order valence-corrected chi connectivity index (χ4v) is 3.14. The molecule has 0 aromatic heterocycles. The lowest BCUT2D eigenvalue weighted by Crippen LogP contribution is -2.45. The van der Waals surface area contributed by atoms with Crippen molar-refractivity contribution in [3.05, 3.63) is 71.3 Å². The van der Waals surface area contributed by atoms with E-state index in [0.717, 1.165) is 44.8 Å². The van der Waals surface area contributed by atoms with Gasteiger partial charge in [0.05, 0.1) is 6.21 Å². The molecule has 0 radical (unpaired) electrons. The smallest absolute Gasteiger partial charge is 0.184 e. The van der Waals surface area contributed by atoms with E-state index < -0.39 is 0 Å². The van der Waals surface area contributed by atoms with E-state index in [1.54, 1.807) is 6.21 Å². The third kappa shape index (κ3) is 5.91. The van der Waals surface area contributed by atoms with Gasteiger partial charge < -0.3 is 5.73 Å². The van der Waals surface area contributed by atoms with Crippen LogP contribution < -0.4 is 11.2 Å². The molecule has 1 aliphatic rings. The van der Waals surface area contributed by atoms with Crippen molar-refractivity contribution in [2.24, 2.45) is 10.8 Å². The standard InChI is InChI=1S/C20H25N5S/c21-20(26)23-22-14-17-6-8-19(9-7-17)16-25-12-10-24(11-13-25)15-18-4-2-1-3-5-18/h1-9,14H,10-13,15-16H2,(H3,21,23,26)/b22-14+. The molecule has 2 aromatic rings. The van der Waals surface area contributed by atoms with E-state index in [4.69, 9.17) is 18.0 Å². The zero-order valence-electron chi connectivity index (χ0n) is 14.8. The molecule has 0 bridgehead atoms. The molecule has 1 aliphatic heterocycles. The minimum absolute atomic E-state index is 0.171. The van der Waals surface area contributed by atoms with Crippen LogP contribution in [0.15, 0.2) is 59.7 Å². The first-order valence-corrected chi connectivity index (χ1v) is 9.26. The highest BCUT2D eigenvalue weighted by Crippen LogP contribution is 2.12. The first kappa shape index (κ1) is 18.5. The Labute approximate surface area is 160 Å². The van der Waals surface area contributed by atoms with Crippen molar-refractivity contribution in [2.75, 3.05) is 26.2 Å². The molecule has 0 saturated carbocycles. The molecule has 0 spiro atoms. The Morgan fingerprint density at radius 3 is 2.00 bits per heavy atom. The molecular formula is C20H25N5S. The maximum Gasteiger partial charge on any atom is 0.184 e. The summed E-state index contributed by atoms with van der Waals surface area (Å²) >= 11 is 4.71. The lowest BCUT2D eigenvalue weighted by atomic mass is 10.1. The van der Waals surface area contributed by atoms with E-state index in [1.807, 2.05) is 0 Å². The van der Waals surface area contributed by atoms with Crippen molar-refractivity contribution in [2.45, 2.75) is 13.1 Å². The van der Waals surface area contributed by atoms with Crippen LogP contribution in [0.2, 0.25) is 0 Å². The number of rotatable bonds is 6. The van der Waals surface area contributed by atoms with Crippen LogP contribution in [0.4, 0.5) is 0 Å². The molecule has 0 aliphatic carbocycles. The molecule has 26 heavy (non-hydrogen) atoms. The normalized spacial score (nSPS) is 16.0. The van der Waals surface area contributed by atoms with Gasteiger partial charge in [-0.25, -0.2) is 0 Å². The number of thiocarbonyl (C=S) groups is 1. The molecule has 0 atom stereocenters. The van der Waals surface area contributed by atoms with Crippen molar-refractivity contribution in [3.8, 4) is 0 Å². The third-order valence-corrected chi connectivity index (χ3v) is 4.58. The highest BCUT2D eigenvalue weighted by molar-refractivity contribution is 7.80. The monoisotopic (exact) mass is 367 g/mol. The Hall–Kier alpha value is -2.28. The van der Waals surface area contributed by atoms with E-state index in [2.05, 4.69) is 74.9 Å².